The number of nitrogens with zero attached hydrogens (tertiary/aromatic N) is 4. The van der Waals surface area contributed by atoms with E-state index in [0.29, 0.717) is 4.52 Å². The van der Waals surface area contributed by atoms with Crippen LogP contribution in [0.2, 0.25) is 0 Å². The summed E-state index contributed by atoms with van der Waals surface area (Å²) in [6.45, 7) is 0. The molecule has 2 heterocycles. The molecule has 0 spiro atoms. The van der Waals surface area contributed by atoms with Gasteiger partial charge < -0.3 is 0 Å². The molecule has 0 saturated carbocycles. The van der Waals surface area contributed by atoms with E-state index in [0.717, 1.165) is 12.4 Å². The van der Waals surface area contributed by atoms with E-state index in [2.05, 4.69) is 15.1 Å². The molecule has 0 radical (unpaired) electrons. The van der Waals surface area contributed by atoms with Crippen LogP contribution in [0, 0.1) is 0 Å². The molecule has 0 fully saturated rings. The molecule has 0 aliphatic rings. The minimum Gasteiger partial charge on any atom is -0.218 e. The van der Waals surface area contributed by atoms with Crippen LogP contribution in [-0.4, -0.2) is 28.0 Å². The van der Waals surface area contributed by atoms with Gasteiger partial charge in [-0.1, -0.05) is 0 Å². The van der Waals surface area contributed by atoms with Gasteiger partial charge in [0.05, 0.1) is 12.4 Å². The van der Waals surface area contributed by atoms with Crippen LogP contribution < -0.4 is 0 Å². The fourth-order valence-electron chi connectivity index (χ4n) is 1.01. The Hall–Kier alpha value is -1.42. The van der Waals surface area contributed by atoms with Crippen molar-refractivity contribution in [3.8, 4) is 0 Å². The standard InChI is InChI=1S/C6H2ClF3N4O2S/c7-17(15,16)3-1-11-5-12-4(6(8,9)10)13-14(5)2-3/h1-2H. The number of fused-ring (bicyclic) bond motifs is 1. The summed E-state index contributed by atoms with van der Waals surface area (Å²) < 4.78 is 59.2. The lowest BCUT2D eigenvalue weighted by atomic mass is 10.6. The number of halogens is 4. The quantitative estimate of drug-likeness (QED) is 0.733. The lowest BCUT2D eigenvalue weighted by Gasteiger charge is -1.97. The maximum atomic E-state index is 12.3. The highest BCUT2D eigenvalue weighted by molar-refractivity contribution is 8.13. The Labute approximate surface area is 96.5 Å². The normalized spacial score (nSPS) is 13.2. The molecule has 0 atom stereocenters. The monoisotopic (exact) mass is 286 g/mol. The summed E-state index contributed by atoms with van der Waals surface area (Å²) in [6, 6.07) is 0. The maximum absolute atomic E-state index is 12.3. The van der Waals surface area contributed by atoms with Crippen LogP contribution in [0.15, 0.2) is 17.3 Å². The largest absolute Gasteiger partial charge is 0.453 e. The first-order valence-corrected chi connectivity index (χ1v) is 6.23. The topological polar surface area (TPSA) is 77.2 Å². The Balaban J connectivity index is 2.64. The van der Waals surface area contributed by atoms with Gasteiger partial charge in [0.15, 0.2) is 0 Å². The molecule has 2 aromatic heterocycles. The first-order chi connectivity index (χ1) is 7.68. The Bertz CT molecular complexity index is 680. The van der Waals surface area contributed by atoms with Crippen molar-refractivity contribution in [2.75, 3.05) is 0 Å². The average Bonchev–Trinajstić information content (AvgIpc) is 2.57. The summed E-state index contributed by atoms with van der Waals surface area (Å²) in [7, 11) is 0.923. The van der Waals surface area contributed by atoms with Gasteiger partial charge in [-0.2, -0.15) is 18.2 Å². The third-order valence-corrected chi connectivity index (χ3v) is 3.01. The van der Waals surface area contributed by atoms with Gasteiger partial charge in [0.25, 0.3) is 20.7 Å². The molecule has 17 heavy (non-hydrogen) atoms. The fourth-order valence-corrected chi connectivity index (χ4v) is 1.65. The summed E-state index contributed by atoms with van der Waals surface area (Å²) in [6.07, 6.45) is -3.13. The van der Waals surface area contributed by atoms with Crippen LogP contribution in [0.5, 0.6) is 0 Å². The van der Waals surface area contributed by atoms with E-state index >= 15 is 0 Å². The Kier molecular flexibility index (Phi) is 2.51. The highest BCUT2D eigenvalue weighted by atomic mass is 35.7. The minimum absolute atomic E-state index is 0.374. The molecular formula is C6H2ClF3N4O2S. The number of hydrogen-bond donors (Lipinski definition) is 0. The van der Waals surface area contributed by atoms with Gasteiger partial charge in [0.1, 0.15) is 4.90 Å². The van der Waals surface area contributed by atoms with Crippen LogP contribution >= 0.6 is 10.7 Å². The van der Waals surface area contributed by atoms with E-state index in [1.165, 1.54) is 0 Å². The van der Waals surface area contributed by atoms with Gasteiger partial charge in [0.2, 0.25) is 0 Å². The SMILES string of the molecule is O=S(=O)(Cl)c1cnc2nc(C(F)(F)F)nn2c1. The zero-order valence-corrected chi connectivity index (χ0v) is 9.25. The molecule has 0 N–H and O–H groups in total. The lowest BCUT2D eigenvalue weighted by Crippen LogP contribution is -2.07. The molecule has 11 heteroatoms. The molecule has 0 aliphatic carbocycles. The zero-order chi connectivity index (χ0) is 12.8. The summed E-state index contributed by atoms with van der Waals surface area (Å²) >= 11 is 0. The second-order valence-electron chi connectivity index (χ2n) is 2.91. The molecule has 6 nitrogen and oxygen atoms in total. The molecule has 0 bridgehead atoms. The molecule has 92 valence electrons. The van der Waals surface area contributed by atoms with Gasteiger partial charge in [-0.25, -0.2) is 17.9 Å². The van der Waals surface area contributed by atoms with Crippen LogP contribution in [0.3, 0.4) is 0 Å². The van der Waals surface area contributed by atoms with Crippen LogP contribution in [-0.2, 0) is 15.2 Å². The molecular weight excluding hydrogens is 285 g/mol. The summed E-state index contributed by atoms with van der Waals surface area (Å²) in [4.78, 5) is 6.03. The second kappa shape index (κ2) is 3.53. The summed E-state index contributed by atoms with van der Waals surface area (Å²) in [5, 5.41) is 3.05. The van der Waals surface area contributed by atoms with Crippen molar-refractivity contribution in [1.29, 1.82) is 0 Å². The van der Waals surface area contributed by atoms with Crippen LogP contribution in [0.4, 0.5) is 13.2 Å². The highest BCUT2D eigenvalue weighted by Gasteiger charge is 2.36. The second-order valence-corrected chi connectivity index (χ2v) is 5.47. The molecule has 2 aromatic rings. The third-order valence-electron chi connectivity index (χ3n) is 1.71. The van der Waals surface area contributed by atoms with E-state index in [9.17, 15) is 21.6 Å². The zero-order valence-electron chi connectivity index (χ0n) is 7.68. The first kappa shape index (κ1) is 12.0. The van der Waals surface area contributed by atoms with E-state index in [-0.39, 0.29) is 5.78 Å². The van der Waals surface area contributed by atoms with Crippen LogP contribution in [0.25, 0.3) is 5.78 Å². The maximum Gasteiger partial charge on any atom is 0.453 e. The van der Waals surface area contributed by atoms with E-state index in [4.69, 9.17) is 10.7 Å². The lowest BCUT2D eigenvalue weighted by molar-refractivity contribution is -0.144. The van der Waals surface area contributed by atoms with Crippen molar-refractivity contribution in [3.63, 3.8) is 0 Å². The van der Waals surface area contributed by atoms with Crippen molar-refractivity contribution in [2.45, 2.75) is 11.1 Å². The fraction of sp³-hybridized carbons (Fsp3) is 0.167. The van der Waals surface area contributed by atoms with Gasteiger partial charge in [-0.15, -0.1) is 5.10 Å². The number of alkyl halides is 3. The van der Waals surface area contributed by atoms with Crippen molar-refractivity contribution in [2.24, 2.45) is 0 Å². The predicted molar refractivity (Wildman–Crippen MR) is 48.8 cm³/mol. The number of hydrogen-bond acceptors (Lipinski definition) is 5. The van der Waals surface area contributed by atoms with Gasteiger partial charge >= 0.3 is 6.18 Å². The number of rotatable bonds is 1. The number of aromatic nitrogens is 4. The van der Waals surface area contributed by atoms with E-state index in [1.54, 1.807) is 0 Å². The highest BCUT2D eigenvalue weighted by Crippen LogP contribution is 2.26. The van der Waals surface area contributed by atoms with Gasteiger partial charge in [-0.3, -0.25) is 0 Å². The predicted octanol–water partition coefficient (Wildman–Crippen LogP) is 1.07. The molecule has 0 aromatic carbocycles. The Morgan fingerprint density at radius 1 is 1.35 bits per heavy atom. The van der Waals surface area contributed by atoms with Crippen molar-refractivity contribution in [1.82, 2.24) is 19.6 Å². The van der Waals surface area contributed by atoms with Crippen molar-refractivity contribution in [3.05, 3.63) is 18.2 Å². The van der Waals surface area contributed by atoms with Gasteiger partial charge in [0, 0.05) is 10.7 Å². The minimum atomic E-state index is -4.73. The first-order valence-electron chi connectivity index (χ1n) is 3.92. The summed E-state index contributed by atoms with van der Waals surface area (Å²) in [5.74, 6) is -1.78. The Morgan fingerprint density at radius 2 is 2.00 bits per heavy atom. The smallest absolute Gasteiger partial charge is 0.218 e. The van der Waals surface area contributed by atoms with Gasteiger partial charge in [-0.05, 0) is 0 Å². The molecule has 0 saturated heterocycles. The summed E-state index contributed by atoms with van der Waals surface area (Å²) in [5.41, 5.74) is 0. The Morgan fingerprint density at radius 3 is 2.53 bits per heavy atom. The molecule has 2 rings (SSSR count). The molecule has 0 amide bonds. The van der Waals surface area contributed by atoms with E-state index in [1.807, 2.05) is 0 Å². The third kappa shape index (κ3) is 2.31. The van der Waals surface area contributed by atoms with Crippen LogP contribution in [0.1, 0.15) is 5.82 Å². The van der Waals surface area contributed by atoms with Crippen molar-refractivity contribution >= 4 is 25.5 Å². The molecule has 0 unspecified atom stereocenters. The molecule has 0 aliphatic heterocycles. The van der Waals surface area contributed by atoms with Crippen molar-refractivity contribution < 1.29 is 21.6 Å². The van der Waals surface area contributed by atoms with E-state index < -0.39 is 25.9 Å². The average molecular weight is 287 g/mol.